The molecule has 2 aromatic carbocycles. The van der Waals surface area contributed by atoms with Crippen LogP contribution in [-0.4, -0.2) is 50.2 Å². The van der Waals surface area contributed by atoms with E-state index in [1.54, 1.807) is 42.7 Å². The van der Waals surface area contributed by atoms with E-state index in [9.17, 15) is 9.59 Å². The Kier molecular flexibility index (Phi) is 6.02. The highest BCUT2D eigenvalue weighted by Crippen LogP contribution is 2.33. The summed E-state index contributed by atoms with van der Waals surface area (Å²) < 4.78 is 5.71. The minimum atomic E-state index is -0.0315. The summed E-state index contributed by atoms with van der Waals surface area (Å²) in [5.41, 5.74) is 1.68. The van der Waals surface area contributed by atoms with E-state index >= 15 is 0 Å². The number of hydrogen-bond donors (Lipinski definition) is 0. The molecule has 7 nitrogen and oxygen atoms in total. The Morgan fingerprint density at radius 1 is 0.970 bits per heavy atom. The average Bonchev–Trinajstić information content (AvgIpc) is 3.20. The van der Waals surface area contributed by atoms with Gasteiger partial charge in [-0.25, -0.2) is 9.97 Å². The number of amides is 2. The highest BCUT2D eigenvalue weighted by molar-refractivity contribution is 5.95. The van der Waals surface area contributed by atoms with Gasteiger partial charge in [0.05, 0.1) is 12.1 Å². The van der Waals surface area contributed by atoms with Crippen LogP contribution in [0.4, 0.5) is 0 Å². The van der Waals surface area contributed by atoms with Gasteiger partial charge in [0.25, 0.3) is 5.91 Å². The Labute approximate surface area is 193 Å². The van der Waals surface area contributed by atoms with Crippen LogP contribution in [0.15, 0.2) is 73.1 Å². The van der Waals surface area contributed by atoms with Gasteiger partial charge in [-0.3, -0.25) is 9.59 Å². The Hall–Kier alpha value is -3.74. The predicted molar refractivity (Wildman–Crippen MR) is 123 cm³/mol. The van der Waals surface area contributed by atoms with Gasteiger partial charge in [-0.2, -0.15) is 0 Å². The Morgan fingerprint density at radius 2 is 1.79 bits per heavy atom. The van der Waals surface area contributed by atoms with Gasteiger partial charge in [0.2, 0.25) is 5.91 Å². The molecule has 2 fully saturated rings. The van der Waals surface area contributed by atoms with Crippen LogP contribution in [0.25, 0.3) is 0 Å². The molecule has 33 heavy (non-hydrogen) atoms. The summed E-state index contributed by atoms with van der Waals surface area (Å²) in [7, 11) is 0. The lowest BCUT2D eigenvalue weighted by molar-refractivity contribution is -0.133. The number of likely N-dealkylation sites (tertiary alicyclic amines) is 2. The fourth-order valence-electron chi connectivity index (χ4n) is 4.88. The molecule has 0 N–H and O–H groups in total. The third-order valence-electron chi connectivity index (χ3n) is 6.41. The van der Waals surface area contributed by atoms with Gasteiger partial charge in [0.15, 0.2) is 0 Å². The predicted octanol–water partition coefficient (Wildman–Crippen LogP) is 4.06. The van der Waals surface area contributed by atoms with Crippen LogP contribution >= 0.6 is 0 Å². The van der Waals surface area contributed by atoms with E-state index in [1.165, 1.54) is 0 Å². The number of benzene rings is 2. The SMILES string of the molecule is O=C1CCC[C@H]2[C@H](CCN2C(=O)c2cccc(Oc3ncccn3)c2)N1Cc1ccccc1. The Bertz CT molecular complexity index is 1120. The summed E-state index contributed by atoms with van der Waals surface area (Å²) in [5.74, 6) is 0.666. The second kappa shape index (κ2) is 9.40. The zero-order valence-corrected chi connectivity index (χ0v) is 18.3. The summed E-state index contributed by atoms with van der Waals surface area (Å²) in [6.07, 6.45) is 6.17. The molecule has 0 unspecified atom stereocenters. The highest BCUT2D eigenvalue weighted by atomic mass is 16.5. The van der Waals surface area contributed by atoms with E-state index in [4.69, 9.17) is 4.74 Å². The highest BCUT2D eigenvalue weighted by Gasteiger charge is 2.43. The Balaban J connectivity index is 1.34. The van der Waals surface area contributed by atoms with Crippen molar-refractivity contribution in [1.82, 2.24) is 19.8 Å². The third-order valence-corrected chi connectivity index (χ3v) is 6.41. The first-order chi connectivity index (χ1) is 16.2. The number of aromatic nitrogens is 2. The van der Waals surface area contributed by atoms with Crippen molar-refractivity contribution in [3.8, 4) is 11.8 Å². The van der Waals surface area contributed by atoms with Crippen molar-refractivity contribution in [3.05, 3.63) is 84.2 Å². The van der Waals surface area contributed by atoms with E-state index in [0.29, 0.717) is 30.8 Å². The molecule has 0 saturated carbocycles. The first kappa shape index (κ1) is 21.1. The lowest BCUT2D eigenvalue weighted by Crippen LogP contribution is -2.47. The molecule has 2 saturated heterocycles. The minimum absolute atomic E-state index is 0.0229. The molecule has 2 aliphatic heterocycles. The first-order valence-electron chi connectivity index (χ1n) is 11.4. The molecule has 3 heterocycles. The van der Waals surface area contributed by atoms with Crippen molar-refractivity contribution >= 4 is 11.8 Å². The van der Waals surface area contributed by atoms with Crippen molar-refractivity contribution in [2.24, 2.45) is 0 Å². The maximum absolute atomic E-state index is 13.5. The number of carbonyl (C=O) groups excluding carboxylic acids is 2. The number of nitrogens with zero attached hydrogens (tertiary/aromatic N) is 4. The molecule has 0 bridgehead atoms. The quantitative estimate of drug-likeness (QED) is 0.596. The molecule has 2 atom stereocenters. The van der Waals surface area contributed by atoms with Gasteiger partial charge in [-0.05, 0) is 49.1 Å². The number of carbonyl (C=O) groups is 2. The van der Waals surface area contributed by atoms with E-state index in [1.807, 2.05) is 40.1 Å². The van der Waals surface area contributed by atoms with Crippen molar-refractivity contribution in [2.75, 3.05) is 6.54 Å². The molecule has 0 spiro atoms. The molecule has 0 radical (unpaired) electrons. The van der Waals surface area contributed by atoms with Gasteiger partial charge in [-0.1, -0.05) is 36.4 Å². The zero-order valence-electron chi connectivity index (χ0n) is 18.3. The summed E-state index contributed by atoms with van der Waals surface area (Å²) >= 11 is 0. The summed E-state index contributed by atoms with van der Waals surface area (Å²) in [6, 6.07) is 19.2. The van der Waals surface area contributed by atoms with E-state index in [2.05, 4.69) is 9.97 Å². The van der Waals surface area contributed by atoms with E-state index in [0.717, 1.165) is 24.8 Å². The van der Waals surface area contributed by atoms with Crippen LogP contribution in [0.2, 0.25) is 0 Å². The largest absolute Gasteiger partial charge is 0.424 e. The first-order valence-corrected chi connectivity index (χ1v) is 11.4. The van der Waals surface area contributed by atoms with Crippen molar-refractivity contribution in [2.45, 2.75) is 44.3 Å². The van der Waals surface area contributed by atoms with Gasteiger partial charge in [0.1, 0.15) is 5.75 Å². The summed E-state index contributed by atoms with van der Waals surface area (Å²) in [4.78, 5) is 38.5. The number of hydrogen-bond acceptors (Lipinski definition) is 5. The molecule has 7 heteroatoms. The molecule has 5 rings (SSSR count). The monoisotopic (exact) mass is 442 g/mol. The Morgan fingerprint density at radius 3 is 2.61 bits per heavy atom. The van der Waals surface area contributed by atoms with Gasteiger partial charge in [0, 0.05) is 37.5 Å². The van der Waals surface area contributed by atoms with Crippen LogP contribution in [-0.2, 0) is 11.3 Å². The van der Waals surface area contributed by atoms with Crippen LogP contribution in [0.3, 0.4) is 0 Å². The molecule has 3 aromatic rings. The standard InChI is InChI=1S/C26H26N4O3/c31-24-12-5-11-22-23(30(24)18-19-7-2-1-3-8-19)13-16-29(22)25(32)20-9-4-10-21(17-20)33-26-27-14-6-15-28-26/h1-4,6-10,14-15,17,22-23H,5,11-13,16,18H2/t22-,23-/m0/s1. The average molecular weight is 443 g/mol. The fraction of sp³-hybridized carbons (Fsp3) is 0.308. The van der Waals surface area contributed by atoms with Crippen LogP contribution in [0.1, 0.15) is 41.6 Å². The molecule has 0 aliphatic carbocycles. The topological polar surface area (TPSA) is 75.6 Å². The molecular weight excluding hydrogens is 416 g/mol. The van der Waals surface area contributed by atoms with Crippen LogP contribution < -0.4 is 4.74 Å². The minimum Gasteiger partial charge on any atom is -0.424 e. The maximum atomic E-state index is 13.5. The van der Waals surface area contributed by atoms with Crippen molar-refractivity contribution in [3.63, 3.8) is 0 Å². The van der Waals surface area contributed by atoms with Gasteiger partial charge in [-0.15, -0.1) is 0 Å². The molecular formula is C26H26N4O3. The second-order valence-electron chi connectivity index (χ2n) is 8.48. The van der Waals surface area contributed by atoms with Gasteiger partial charge >= 0.3 is 6.01 Å². The number of fused-ring (bicyclic) bond motifs is 1. The summed E-state index contributed by atoms with van der Waals surface area (Å²) in [6.45, 7) is 1.23. The zero-order chi connectivity index (χ0) is 22.6. The van der Waals surface area contributed by atoms with E-state index in [-0.39, 0.29) is 29.9 Å². The van der Waals surface area contributed by atoms with Crippen LogP contribution in [0.5, 0.6) is 11.8 Å². The van der Waals surface area contributed by atoms with Gasteiger partial charge < -0.3 is 14.5 Å². The maximum Gasteiger partial charge on any atom is 0.321 e. The lowest BCUT2D eigenvalue weighted by Gasteiger charge is -2.33. The second-order valence-corrected chi connectivity index (χ2v) is 8.48. The molecule has 2 aliphatic rings. The molecule has 2 amide bonds. The van der Waals surface area contributed by atoms with Crippen LogP contribution in [0, 0.1) is 0 Å². The molecule has 1 aromatic heterocycles. The summed E-state index contributed by atoms with van der Waals surface area (Å²) in [5, 5.41) is 0. The molecule has 168 valence electrons. The van der Waals surface area contributed by atoms with Crippen molar-refractivity contribution < 1.29 is 14.3 Å². The van der Waals surface area contributed by atoms with Crippen molar-refractivity contribution in [1.29, 1.82) is 0 Å². The van der Waals surface area contributed by atoms with E-state index < -0.39 is 0 Å². The smallest absolute Gasteiger partial charge is 0.321 e. The number of rotatable bonds is 5. The number of ether oxygens (including phenoxy) is 1. The fourth-order valence-corrected chi connectivity index (χ4v) is 4.88. The third kappa shape index (κ3) is 4.58. The lowest BCUT2D eigenvalue weighted by atomic mass is 10.0. The normalized spacial score (nSPS) is 20.3.